The van der Waals surface area contributed by atoms with Gasteiger partial charge in [0.25, 0.3) is 0 Å². The van der Waals surface area contributed by atoms with Gasteiger partial charge in [0.2, 0.25) is 5.91 Å². The van der Waals surface area contributed by atoms with Crippen molar-refractivity contribution in [3.8, 4) is 5.75 Å². The lowest BCUT2D eigenvalue weighted by molar-refractivity contribution is -0.134. The maximum absolute atomic E-state index is 13.3. The van der Waals surface area contributed by atoms with Crippen molar-refractivity contribution < 1.29 is 9.53 Å². The van der Waals surface area contributed by atoms with E-state index in [1.165, 1.54) is 45.2 Å². The zero-order chi connectivity index (χ0) is 19.1. The van der Waals surface area contributed by atoms with Crippen LogP contribution in [-0.4, -0.2) is 61.1 Å². The molecule has 0 spiro atoms. The van der Waals surface area contributed by atoms with Crippen molar-refractivity contribution in [2.45, 2.75) is 50.2 Å². The first-order valence-corrected chi connectivity index (χ1v) is 10.9. The van der Waals surface area contributed by atoms with Crippen molar-refractivity contribution in [3.63, 3.8) is 0 Å². The molecule has 3 saturated heterocycles. The molecule has 6 heteroatoms. The Labute approximate surface area is 167 Å². The van der Waals surface area contributed by atoms with Crippen molar-refractivity contribution >= 4 is 5.91 Å². The van der Waals surface area contributed by atoms with Gasteiger partial charge in [0.05, 0.1) is 12.6 Å². The average Bonchev–Trinajstić information content (AvgIpc) is 3.18. The summed E-state index contributed by atoms with van der Waals surface area (Å²) in [7, 11) is 1.98. The minimum Gasteiger partial charge on any atom is -0.493 e. The van der Waals surface area contributed by atoms with Crippen LogP contribution in [0.4, 0.5) is 0 Å². The van der Waals surface area contributed by atoms with Gasteiger partial charge in [-0.15, -0.1) is 0 Å². The van der Waals surface area contributed by atoms with E-state index in [-0.39, 0.29) is 23.9 Å². The monoisotopic (exact) mass is 384 g/mol. The molecule has 5 rings (SSSR count). The number of amides is 1. The van der Waals surface area contributed by atoms with Crippen LogP contribution in [0.15, 0.2) is 24.3 Å². The summed E-state index contributed by atoms with van der Waals surface area (Å²) in [6.45, 7) is 3.93. The van der Waals surface area contributed by atoms with E-state index in [2.05, 4.69) is 21.8 Å². The standard InChI is InChI=1S/C22H32N4O2/c1-25(13-15-7-6-12-26-11-5-4-9-18(15)26)22(27)21-17-14-28-19-10-3-2-8-16(19)20(17)23-24-21/h2-3,8,10,15,17-18,20-21,23-24H,4-7,9,11-14H2,1H3/t15-,17?,18+,20?,21?/m0/s1. The highest BCUT2D eigenvalue weighted by atomic mass is 16.5. The second-order valence-corrected chi connectivity index (χ2v) is 8.98. The van der Waals surface area contributed by atoms with Gasteiger partial charge in [-0.1, -0.05) is 24.6 Å². The summed E-state index contributed by atoms with van der Waals surface area (Å²) < 4.78 is 5.96. The van der Waals surface area contributed by atoms with Crippen LogP contribution in [0, 0.1) is 11.8 Å². The van der Waals surface area contributed by atoms with Crippen LogP contribution >= 0.6 is 0 Å². The summed E-state index contributed by atoms with van der Waals surface area (Å²) in [5.41, 5.74) is 7.79. The van der Waals surface area contributed by atoms with Gasteiger partial charge in [-0.05, 0) is 50.8 Å². The summed E-state index contributed by atoms with van der Waals surface area (Å²) in [4.78, 5) is 18.0. The van der Waals surface area contributed by atoms with Gasteiger partial charge in [0, 0.05) is 31.1 Å². The summed E-state index contributed by atoms with van der Waals surface area (Å²) in [5, 5.41) is 0. The summed E-state index contributed by atoms with van der Waals surface area (Å²) >= 11 is 0. The van der Waals surface area contributed by atoms with Gasteiger partial charge in [-0.2, -0.15) is 0 Å². The molecule has 28 heavy (non-hydrogen) atoms. The molecule has 4 aliphatic rings. The molecule has 0 radical (unpaired) electrons. The van der Waals surface area contributed by atoms with E-state index in [0.717, 1.165) is 17.9 Å². The molecule has 152 valence electrons. The predicted molar refractivity (Wildman–Crippen MR) is 108 cm³/mol. The van der Waals surface area contributed by atoms with Crippen molar-refractivity contribution in [3.05, 3.63) is 29.8 Å². The molecule has 0 aromatic heterocycles. The van der Waals surface area contributed by atoms with Gasteiger partial charge in [-0.25, -0.2) is 10.9 Å². The highest BCUT2D eigenvalue weighted by molar-refractivity contribution is 5.82. The number of piperidine rings is 2. The number of hydrogen-bond acceptors (Lipinski definition) is 5. The third-order valence-electron chi connectivity index (χ3n) is 7.32. The van der Waals surface area contributed by atoms with Crippen molar-refractivity contribution in [2.75, 3.05) is 33.3 Å². The number of nitrogens with zero attached hydrogens (tertiary/aromatic N) is 2. The van der Waals surface area contributed by atoms with Crippen molar-refractivity contribution in [1.82, 2.24) is 20.7 Å². The lowest BCUT2D eigenvalue weighted by Gasteiger charge is -2.45. The molecule has 0 saturated carbocycles. The Kier molecular flexibility index (Phi) is 5.03. The third-order valence-corrected chi connectivity index (χ3v) is 7.32. The molecule has 0 aliphatic carbocycles. The molecule has 4 aliphatic heterocycles. The van der Waals surface area contributed by atoms with E-state index >= 15 is 0 Å². The molecule has 5 atom stereocenters. The zero-order valence-corrected chi connectivity index (χ0v) is 16.8. The lowest BCUT2D eigenvalue weighted by atomic mass is 9.83. The van der Waals surface area contributed by atoms with Gasteiger partial charge in [0.1, 0.15) is 11.8 Å². The maximum Gasteiger partial charge on any atom is 0.241 e. The second kappa shape index (κ2) is 7.65. The van der Waals surface area contributed by atoms with E-state index in [1.54, 1.807) is 0 Å². The molecule has 2 N–H and O–H groups in total. The van der Waals surface area contributed by atoms with Crippen LogP contribution in [-0.2, 0) is 4.79 Å². The van der Waals surface area contributed by atoms with Gasteiger partial charge in [-0.3, -0.25) is 4.79 Å². The topological polar surface area (TPSA) is 56.8 Å². The summed E-state index contributed by atoms with van der Waals surface area (Å²) in [6, 6.07) is 8.71. The number of rotatable bonds is 3. The minimum atomic E-state index is -0.227. The number of benzene rings is 1. The number of fused-ring (bicyclic) bond motifs is 4. The molecule has 1 amide bonds. The average molecular weight is 385 g/mol. The third kappa shape index (κ3) is 3.21. The molecule has 3 unspecified atom stereocenters. The van der Waals surface area contributed by atoms with E-state index in [9.17, 15) is 4.79 Å². The fourth-order valence-electron chi connectivity index (χ4n) is 5.86. The molecule has 4 heterocycles. The van der Waals surface area contributed by atoms with Crippen LogP contribution < -0.4 is 15.6 Å². The molecular weight excluding hydrogens is 352 g/mol. The van der Waals surface area contributed by atoms with E-state index in [1.807, 2.05) is 30.1 Å². The maximum atomic E-state index is 13.3. The van der Waals surface area contributed by atoms with Gasteiger partial charge < -0.3 is 14.5 Å². The first kappa shape index (κ1) is 18.4. The largest absolute Gasteiger partial charge is 0.493 e. The molecule has 1 aromatic carbocycles. The van der Waals surface area contributed by atoms with E-state index in [0.29, 0.717) is 18.6 Å². The number of hydrazine groups is 1. The van der Waals surface area contributed by atoms with E-state index < -0.39 is 0 Å². The number of ether oxygens (including phenoxy) is 1. The second-order valence-electron chi connectivity index (χ2n) is 8.98. The van der Waals surface area contributed by atoms with Crippen LogP contribution in [0.2, 0.25) is 0 Å². The fourth-order valence-corrected chi connectivity index (χ4v) is 5.86. The predicted octanol–water partition coefficient (Wildman–Crippen LogP) is 1.94. The SMILES string of the molecule is CN(C[C@@H]1CCCN2CCCC[C@H]12)C(=O)C1NNC2c3ccccc3OCC12. The number of likely N-dealkylation sites (N-methyl/N-ethyl adjacent to an activating group) is 1. The first-order chi connectivity index (χ1) is 13.7. The van der Waals surface area contributed by atoms with Crippen LogP contribution in [0.3, 0.4) is 0 Å². The van der Waals surface area contributed by atoms with Crippen LogP contribution in [0.1, 0.15) is 43.7 Å². The number of carbonyl (C=O) groups is 1. The molecule has 6 nitrogen and oxygen atoms in total. The van der Waals surface area contributed by atoms with Crippen LogP contribution in [0.5, 0.6) is 5.75 Å². The molecular formula is C22H32N4O2. The highest BCUT2D eigenvalue weighted by Gasteiger charge is 2.46. The van der Waals surface area contributed by atoms with Crippen molar-refractivity contribution in [2.24, 2.45) is 11.8 Å². The Balaban J connectivity index is 1.25. The van der Waals surface area contributed by atoms with E-state index in [4.69, 9.17) is 4.74 Å². The van der Waals surface area contributed by atoms with Crippen LogP contribution in [0.25, 0.3) is 0 Å². The molecule has 3 fully saturated rings. The summed E-state index contributed by atoms with van der Waals surface area (Å²) in [6.07, 6.45) is 6.48. The minimum absolute atomic E-state index is 0.127. The molecule has 1 aromatic rings. The fraction of sp³-hybridized carbons (Fsp3) is 0.682. The number of para-hydroxylation sites is 1. The Bertz CT molecular complexity index is 724. The lowest BCUT2D eigenvalue weighted by Crippen LogP contribution is -2.53. The Morgan fingerprint density at radius 3 is 2.96 bits per heavy atom. The quantitative estimate of drug-likeness (QED) is 0.834. The first-order valence-electron chi connectivity index (χ1n) is 10.9. The Morgan fingerprint density at radius 2 is 2.04 bits per heavy atom. The smallest absolute Gasteiger partial charge is 0.241 e. The van der Waals surface area contributed by atoms with Gasteiger partial charge in [0.15, 0.2) is 0 Å². The van der Waals surface area contributed by atoms with Gasteiger partial charge >= 0.3 is 0 Å². The summed E-state index contributed by atoms with van der Waals surface area (Å²) in [5.74, 6) is 1.86. The normalized spacial score (nSPS) is 34.7. The molecule has 0 bridgehead atoms. The number of nitrogens with one attached hydrogen (secondary N) is 2. The Hall–Kier alpha value is -1.63. The zero-order valence-electron chi connectivity index (χ0n) is 16.8. The highest BCUT2D eigenvalue weighted by Crippen LogP contribution is 2.39. The van der Waals surface area contributed by atoms with Crippen molar-refractivity contribution in [1.29, 1.82) is 0 Å². The Morgan fingerprint density at radius 1 is 1.18 bits per heavy atom. The number of carbonyl (C=O) groups excluding carboxylic acids is 1. The number of hydrogen-bond donors (Lipinski definition) is 2.